The SMILES string of the molecule is CCCCCCCCC=CCCCCCCCC(=O)N(C(=O)CCCCCCCC=CCCCCCCCC)[C@@H](CCCCN)C(=O)O. The van der Waals surface area contributed by atoms with Gasteiger partial charge in [-0.2, -0.15) is 0 Å². The molecule has 0 aliphatic heterocycles. The van der Waals surface area contributed by atoms with Crippen LogP contribution in [0.1, 0.15) is 213 Å². The molecule has 0 spiro atoms. The van der Waals surface area contributed by atoms with E-state index in [9.17, 15) is 19.5 Å². The summed E-state index contributed by atoms with van der Waals surface area (Å²) in [6, 6.07) is -1.09. The van der Waals surface area contributed by atoms with Gasteiger partial charge in [-0.25, -0.2) is 4.79 Å². The molecule has 0 aliphatic carbocycles. The van der Waals surface area contributed by atoms with Crippen molar-refractivity contribution in [2.45, 2.75) is 219 Å². The van der Waals surface area contributed by atoms with Crippen LogP contribution in [-0.2, 0) is 14.4 Å². The van der Waals surface area contributed by atoms with Gasteiger partial charge in [-0.3, -0.25) is 14.5 Å². The predicted octanol–water partition coefficient (Wildman–Crippen LogP) is 12.0. The molecule has 0 unspecified atom stereocenters. The molecule has 0 fully saturated rings. The Labute approximate surface area is 297 Å². The lowest BCUT2D eigenvalue weighted by molar-refractivity contribution is -0.158. The fourth-order valence-corrected chi connectivity index (χ4v) is 6.27. The lowest BCUT2D eigenvalue weighted by atomic mass is 10.0. The number of allylic oxidation sites excluding steroid dienone is 4. The smallest absolute Gasteiger partial charge is 0.326 e. The number of aliphatic carboxylic acids is 1. The van der Waals surface area contributed by atoms with E-state index < -0.39 is 12.0 Å². The number of hydrogen-bond acceptors (Lipinski definition) is 4. The fraction of sp³-hybridized carbons (Fsp3) is 0.833. The highest BCUT2D eigenvalue weighted by Gasteiger charge is 2.33. The average Bonchev–Trinajstić information content (AvgIpc) is 3.07. The van der Waals surface area contributed by atoms with Gasteiger partial charge in [0.2, 0.25) is 11.8 Å². The van der Waals surface area contributed by atoms with Gasteiger partial charge in [0.25, 0.3) is 0 Å². The van der Waals surface area contributed by atoms with Gasteiger partial charge in [0.15, 0.2) is 0 Å². The Kier molecular flexibility index (Phi) is 34.9. The number of amides is 2. The number of hydrogen-bond donors (Lipinski definition) is 2. The third-order valence-electron chi connectivity index (χ3n) is 9.37. The summed E-state index contributed by atoms with van der Waals surface area (Å²) < 4.78 is 0. The minimum atomic E-state index is -1.09. The zero-order valence-electron chi connectivity index (χ0n) is 31.7. The van der Waals surface area contributed by atoms with E-state index in [4.69, 9.17) is 5.73 Å². The molecule has 0 radical (unpaired) electrons. The lowest BCUT2D eigenvalue weighted by Crippen LogP contribution is -2.48. The van der Waals surface area contributed by atoms with Crippen molar-refractivity contribution in [3.63, 3.8) is 0 Å². The first-order valence-electron chi connectivity index (χ1n) is 20.6. The normalized spacial score (nSPS) is 12.3. The van der Waals surface area contributed by atoms with Gasteiger partial charge < -0.3 is 10.8 Å². The van der Waals surface area contributed by atoms with Gasteiger partial charge in [0.05, 0.1) is 0 Å². The Balaban J connectivity index is 4.38. The number of carbonyl (C=O) groups is 3. The second-order valence-corrected chi connectivity index (χ2v) is 14.0. The van der Waals surface area contributed by atoms with Crippen LogP contribution in [0, 0.1) is 0 Å². The van der Waals surface area contributed by atoms with Crippen LogP contribution in [0.3, 0.4) is 0 Å². The molecule has 0 aromatic carbocycles. The van der Waals surface area contributed by atoms with Crippen LogP contribution in [0.25, 0.3) is 0 Å². The molecule has 6 nitrogen and oxygen atoms in total. The van der Waals surface area contributed by atoms with E-state index in [1.54, 1.807) is 0 Å². The molecular formula is C42H78N2O4. The lowest BCUT2D eigenvalue weighted by Gasteiger charge is -2.27. The summed E-state index contributed by atoms with van der Waals surface area (Å²) in [6.07, 6.45) is 41.8. The summed E-state index contributed by atoms with van der Waals surface area (Å²) in [7, 11) is 0. The highest BCUT2D eigenvalue weighted by molar-refractivity contribution is 5.99. The first kappa shape index (κ1) is 46.0. The Morgan fingerprint density at radius 1 is 0.500 bits per heavy atom. The Morgan fingerprint density at radius 2 is 0.833 bits per heavy atom. The van der Waals surface area contributed by atoms with Crippen molar-refractivity contribution in [2.75, 3.05) is 6.54 Å². The maximum Gasteiger partial charge on any atom is 0.326 e. The maximum absolute atomic E-state index is 13.3. The molecule has 6 heteroatoms. The van der Waals surface area contributed by atoms with E-state index in [1.807, 2.05) is 0 Å². The Morgan fingerprint density at radius 3 is 1.17 bits per heavy atom. The van der Waals surface area contributed by atoms with Gasteiger partial charge >= 0.3 is 5.97 Å². The number of imide groups is 1. The molecule has 2 amide bonds. The summed E-state index contributed by atoms with van der Waals surface area (Å²) in [5.74, 6) is -1.75. The third-order valence-corrected chi connectivity index (χ3v) is 9.37. The standard InChI is InChI=1S/C42H78N2O4/c1-3-5-7-9-11-13-15-17-19-21-23-25-27-29-31-36-40(45)44(39(42(47)48)35-33-34-38-43)41(46)37-32-30-28-26-24-22-20-18-16-14-12-10-8-6-4-2/h17-20,39H,3-16,21-38,43H2,1-2H3,(H,47,48)/t39-/m0/s1. The molecular weight excluding hydrogens is 596 g/mol. The predicted molar refractivity (Wildman–Crippen MR) is 205 cm³/mol. The zero-order valence-corrected chi connectivity index (χ0v) is 31.7. The molecule has 0 rings (SSSR count). The minimum absolute atomic E-state index is 0.233. The van der Waals surface area contributed by atoms with Crippen LogP contribution in [0.2, 0.25) is 0 Å². The van der Waals surface area contributed by atoms with Gasteiger partial charge in [-0.1, -0.05) is 141 Å². The number of unbranched alkanes of at least 4 members (excludes halogenated alkanes) is 23. The number of rotatable bonds is 36. The monoisotopic (exact) mass is 675 g/mol. The molecule has 0 aromatic rings. The van der Waals surface area contributed by atoms with Crippen LogP contribution in [0.15, 0.2) is 24.3 Å². The first-order valence-corrected chi connectivity index (χ1v) is 20.6. The third kappa shape index (κ3) is 29.0. The van der Waals surface area contributed by atoms with Crippen LogP contribution in [-0.4, -0.2) is 40.4 Å². The Hall–Kier alpha value is -1.95. The van der Waals surface area contributed by atoms with E-state index in [2.05, 4.69) is 38.2 Å². The van der Waals surface area contributed by atoms with E-state index in [-0.39, 0.29) is 31.1 Å². The molecule has 3 N–H and O–H groups in total. The number of carboxylic acids is 1. The molecule has 1 atom stereocenters. The second kappa shape index (κ2) is 36.3. The minimum Gasteiger partial charge on any atom is -0.480 e. The van der Waals surface area contributed by atoms with Gasteiger partial charge in [-0.05, 0) is 90.0 Å². The molecule has 0 heterocycles. The average molecular weight is 675 g/mol. The van der Waals surface area contributed by atoms with Crippen molar-refractivity contribution >= 4 is 17.8 Å². The highest BCUT2D eigenvalue weighted by atomic mass is 16.4. The summed E-state index contributed by atoms with van der Waals surface area (Å²) >= 11 is 0. The summed E-state index contributed by atoms with van der Waals surface area (Å²) in [4.78, 5) is 39.8. The van der Waals surface area contributed by atoms with E-state index >= 15 is 0 Å². The van der Waals surface area contributed by atoms with Gasteiger partial charge in [0, 0.05) is 12.8 Å². The number of nitrogens with zero attached hydrogens (tertiary/aromatic N) is 1. The number of carboxylic acid groups (broad SMARTS) is 1. The summed E-state index contributed by atoms with van der Waals surface area (Å²) in [6.45, 7) is 4.98. The zero-order chi connectivity index (χ0) is 35.3. The number of carbonyl (C=O) groups excluding carboxylic acids is 2. The van der Waals surface area contributed by atoms with E-state index in [0.29, 0.717) is 32.2 Å². The molecule has 0 aliphatic rings. The fourth-order valence-electron chi connectivity index (χ4n) is 6.27. The number of nitrogens with two attached hydrogens (primary N) is 1. The van der Waals surface area contributed by atoms with E-state index in [0.717, 1.165) is 69.1 Å². The maximum atomic E-state index is 13.3. The van der Waals surface area contributed by atoms with Crippen molar-refractivity contribution in [3.8, 4) is 0 Å². The molecule has 0 saturated carbocycles. The Bertz CT molecular complexity index is 757. The van der Waals surface area contributed by atoms with Crippen LogP contribution in [0.4, 0.5) is 0 Å². The topological polar surface area (TPSA) is 101 Å². The molecule has 0 bridgehead atoms. The van der Waals surface area contributed by atoms with Crippen LogP contribution in [0.5, 0.6) is 0 Å². The van der Waals surface area contributed by atoms with Crippen molar-refractivity contribution in [3.05, 3.63) is 24.3 Å². The van der Waals surface area contributed by atoms with Crippen LogP contribution < -0.4 is 5.73 Å². The van der Waals surface area contributed by atoms with Crippen LogP contribution >= 0.6 is 0 Å². The van der Waals surface area contributed by atoms with Crippen molar-refractivity contribution in [2.24, 2.45) is 5.73 Å². The quantitative estimate of drug-likeness (QED) is 0.0509. The van der Waals surface area contributed by atoms with Crippen molar-refractivity contribution in [1.29, 1.82) is 0 Å². The molecule has 0 saturated heterocycles. The molecule has 48 heavy (non-hydrogen) atoms. The summed E-state index contributed by atoms with van der Waals surface area (Å²) in [5, 5.41) is 9.96. The molecule has 280 valence electrons. The first-order chi connectivity index (χ1) is 23.5. The summed E-state index contributed by atoms with van der Waals surface area (Å²) in [5.41, 5.74) is 5.62. The highest BCUT2D eigenvalue weighted by Crippen LogP contribution is 2.18. The van der Waals surface area contributed by atoms with Gasteiger partial charge in [0.1, 0.15) is 6.04 Å². The molecule has 0 aromatic heterocycles. The second-order valence-electron chi connectivity index (χ2n) is 14.0. The largest absolute Gasteiger partial charge is 0.480 e. The van der Waals surface area contributed by atoms with Crippen molar-refractivity contribution in [1.82, 2.24) is 4.90 Å². The van der Waals surface area contributed by atoms with Crippen molar-refractivity contribution < 1.29 is 19.5 Å². The van der Waals surface area contributed by atoms with Gasteiger partial charge in [-0.15, -0.1) is 0 Å². The van der Waals surface area contributed by atoms with E-state index in [1.165, 1.54) is 89.9 Å².